The molecule has 0 unspecified atom stereocenters. The lowest BCUT2D eigenvalue weighted by atomic mass is 10.3. The van der Waals surface area contributed by atoms with Crippen LogP contribution >= 0.6 is 23.1 Å². The van der Waals surface area contributed by atoms with Crippen LogP contribution in [0.5, 0.6) is 0 Å². The van der Waals surface area contributed by atoms with E-state index in [0.717, 1.165) is 11.7 Å². The first-order valence-corrected chi connectivity index (χ1v) is 8.08. The minimum absolute atomic E-state index is 0.203. The molecule has 0 aliphatic carbocycles. The van der Waals surface area contributed by atoms with Crippen molar-refractivity contribution in [1.29, 1.82) is 0 Å². The van der Waals surface area contributed by atoms with Crippen molar-refractivity contribution in [2.45, 2.75) is 23.4 Å². The summed E-state index contributed by atoms with van der Waals surface area (Å²) >= 11 is 2.72. The van der Waals surface area contributed by atoms with Gasteiger partial charge in [-0.25, -0.2) is 4.39 Å². The van der Waals surface area contributed by atoms with Crippen LogP contribution in [0, 0.1) is 5.82 Å². The van der Waals surface area contributed by atoms with E-state index in [1.54, 1.807) is 19.1 Å². The molecule has 0 radical (unpaired) electrons. The molecule has 2 N–H and O–H groups in total. The summed E-state index contributed by atoms with van der Waals surface area (Å²) < 4.78 is 13.8. The van der Waals surface area contributed by atoms with Crippen LogP contribution in [0.15, 0.2) is 28.6 Å². The molecule has 112 valence electrons. The Balaban J connectivity index is 1.92. The first-order chi connectivity index (χ1) is 10.1. The van der Waals surface area contributed by atoms with Crippen molar-refractivity contribution >= 4 is 39.8 Å². The molecule has 1 aromatic carbocycles. The number of hydrogen-bond donors (Lipinski definition) is 2. The van der Waals surface area contributed by atoms with Gasteiger partial charge in [-0.1, -0.05) is 29.2 Å². The summed E-state index contributed by atoms with van der Waals surface area (Å²) in [6.07, 6.45) is 0. The van der Waals surface area contributed by atoms with Gasteiger partial charge >= 0.3 is 0 Å². The number of nitrogens with zero attached hydrogens (tertiary/aromatic N) is 2. The maximum Gasteiger partial charge on any atom is 0.237 e. The summed E-state index contributed by atoms with van der Waals surface area (Å²) in [5.41, 5.74) is 0.443. The zero-order valence-corrected chi connectivity index (χ0v) is 13.2. The number of amides is 1. The lowest BCUT2D eigenvalue weighted by molar-refractivity contribution is -0.115. The second-order valence-corrected chi connectivity index (χ2v) is 6.73. The summed E-state index contributed by atoms with van der Waals surface area (Å²) in [6.45, 7) is 4.52. The predicted octanol–water partition coefficient (Wildman–Crippen LogP) is 3.23. The number of thioether (sulfide) groups is 1. The second kappa shape index (κ2) is 7.37. The normalized spacial score (nSPS) is 12.0. The van der Waals surface area contributed by atoms with Crippen molar-refractivity contribution in [2.75, 3.05) is 17.2 Å². The van der Waals surface area contributed by atoms with E-state index in [2.05, 4.69) is 20.8 Å². The van der Waals surface area contributed by atoms with Gasteiger partial charge in [-0.15, -0.1) is 10.2 Å². The maximum absolute atomic E-state index is 13.1. The van der Waals surface area contributed by atoms with Crippen LogP contribution in [0.4, 0.5) is 15.2 Å². The van der Waals surface area contributed by atoms with Gasteiger partial charge in [0.15, 0.2) is 4.34 Å². The van der Waals surface area contributed by atoms with Crippen LogP contribution in [-0.2, 0) is 4.79 Å². The van der Waals surface area contributed by atoms with Gasteiger partial charge in [0.25, 0.3) is 0 Å². The Labute approximate surface area is 130 Å². The van der Waals surface area contributed by atoms with Crippen molar-refractivity contribution in [2.24, 2.45) is 0 Å². The molecule has 0 fully saturated rings. The zero-order chi connectivity index (χ0) is 15.2. The summed E-state index contributed by atoms with van der Waals surface area (Å²) in [5, 5.41) is 14.1. The van der Waals surface area contributed by atoms with E-state index in [0.29, 0.717) is 10.0 Å². The Morgan fingerprint density at radius 3 is 3.00 bits per heavy atom. The zero-order valence-electron chi connectivity index (χ0n) is 11.6. The highest BCUT2D eigenvalue weighted by atomic mass is 32.2. The van der Waals surface area contributed by atoms with Gasteiger partial charge in [-0.3, -0.25) is 4.79 Å². The molecule has 0 bridgehead atoms. The topological polar surface area (TPSA) is 66.9 Å². The Morgan fingerprint density at radius 1 is 1.48 bits per heavy atom. The van der Waals surface area contributed by atoms with Crippen molar-refractivity contribution in [1.82, 2.24) is 10.2 Å². The van der Waals surface area contributed by atoms with E-state index in [9.17, 15) is 9.18 Å². The minimum atomic E-state index is -0.382. The Kier molecular flexibility index (Phi) is 5.51. The van der Waals surface area contributed by atoms with Crippen molar-refractivity contribution in [3.8, 4) is 0 Å². The van der Waals surface area contributed by atoms with Crippen LogP contribution < -0.4 is 10.6 Å². The molecule has 0 saturated carbocycles. The standard InChI is InChI=1S/C13H15FN4OS2/c1-3-15-12-17-18-13(21-12)20-8(2)11(19)16-10-6-4-5-9(14)7-10/h4-8H,3H2,1-2H3,(H,15,17)(H,16,19)/t8-/m0/s1. The summed E-state index contributed by atoms with van der Waals surface area (Å²) in [6, 6.07) is 5.81. The number of carbonyl (C=O) groups is 1. The fourth-order valence-electron chi connectivity index (χ4n) is 1.49. The van der Waals surface area contributed by atoms with Gasteiger partial charge in [0.2, 0.25) is 11.0 Å². The van der Waals surface area contributed by atoms with Gasteiger partial charge < -0.3 is 10.6 Å². The number of rotatable bonds is 6. The van der Waals surface area contributed by atoms with E-state index in [-0.39, 0.29) is 17.0 Å². The average molecular weight is 326 g/mol. The highest BCUT2D eigenvalue weighted by molar-refractivity contribution is 8.02. The first kappa shape index (κ1) is 15.7. The second-order valence-electron chi connectivity index (χ2n) is 4.16. The van der Waals surface area contributed by atoms with E-state index in [1.807, 2.05) is 6.92 Å². The molecule has 1 atom stereocenters. The number of hydrogen-bond acceptors (Lipinski definition) is 6. The molecular weight excluding hydrogens is 311 g/mol. The third-order valence-corrected chi connectivity index (χ3v) is 4.54. The molecule has 2 aromatic rings. The highest BCUT2D eigenvalue weighted by Crippen LogP contribution is 2.29. The van der Waals surface area contributed by atoms with E-state index in [1.165, 1.54) is 35.2 Å². The van der Waals surface area contributed by atoms with Crippen LogP contribution in [0.1, 0.15) is 13.8 Å². The average Bonchev–Trinajstić information content (AvgIpc) is 2.86. The van der Waals surface area contributed by atoms with Gasteiger partial charge in [-0.2, -0.15) is 0 Å². The fourth-order valence-corrected chi connectivity index (χ4v) is 3.46. The molecule has 1 aromatic heterocycles. The molecule has 8 heteroatoms. The summed E-state index contributed by atoms with van der Waals surface area (Å²) in [5.74, 6) is -0.585. The third kappa shape index (κ3) is 4.68. The molecule has 2 rings (SSSR count). The summed E-state index contributed by atoms with van der Waals surface area (Å²) in [7, 11) is 0. The number of carbonyl (C=O) groups excluding carboxylic acids is 1. The smallest absolute Gasteiger partial charge is 0.237 e. The Morgan fingerprint density at radius 2 is 2.29 bits per heavy atom. The van der Waals surface area contributed by atoms with Gasteiger partial charge in [-0.05, 0) is 32.0 Å². The number of anilines is 2. The van der Waals surface area contributed by atoms with Crippen LogP contribution in [0.2, 0.25) is 0 Å². The quantitative estimate of drug-likeness (QED) is 0.798. The van der Waals surface area contributed by atoms with Crippen LogP contribution in [-0.4, -0.2) is 27.9 Å². The molecule has 0 aliphatic rings. The Hall–Kier alpha value is -1.67. The van der Waals surface area contributed by atoms with Crippen molar-refractivity contribution in [3.05, 3.63) is 30.1 Å². The van der Waals surface area contributed by atoms with E-state index < -0.39 is 0 Å². The largest absolute Gasteiger partial charge is 0.360 e. The molecule has 0 spiro atoms. The molecule has 1 heterocycles. The predicted molar refractivity (Wildman–Crippen MR) is 84.4 cm³/mol. The molecule has 21 heavy (non-hydrogen) atoms. The van der Waals surface area contributed by atoms with Gasteiger partial charge in [0.05, 0.1) is 5.25 Å². The first-order valence-electron chi connectivity index (χ1n) is 6.39. The molecule has 1 amide bonds. The lowest BCUT2D eigenvalue weighted by Gasteiger charge is -2.10. The maximum atomic E-state index is 13.1. The van der Waals surface area contributed by atoms with E-state index >= 15 is 0 Å². The monoisotopic (exact) mass is 326 g/mol. The SMILES string of the molecule is CCNc1nnc(S[C@@H](C)C(=O)Nc2cccc(F)c2)s1. The molecule has 5 nitrogen and oxygen atoms in total. The van der Waals surface area contributed by atoms with Gasteiger partial charge in [0.1, 0.15) is 5.82 Å². The molecule has 0 aliphatic heterocycles. The summed E-state index contributed by atoms with van der Waals surface area (Å²) in [4.78, 5) is 12.0. The van der Waals surface area contributed by atoms with Crippen LogP contribution in [0.25, 0.3) is 0 Å². The number of aromatic nitrogens is 2. The Bertz CT molecular complexity index is 620. The molecular formula is C13H15FN4OS2. The number of nitrogens with one attached hydrogen (secondary N) is 2. The highest BCUT2D eigenvalue weighted by Gasteiger charge is 2.17. The van der Waals surface area contributed by atoms with E-state index in [4.69, 9.17) is 0 Å². The minimum Gasteiger partial charge on any atom is -0.360 e. The van der Waals surface area contributed by atoms with Crippen LogP contribution in [0.3, 0.4) is 0 Å². The third-order valence-electron chi connectivity index (χ3n) is 2.47. The fraction of sp³-hybridized carbons (Fsp3) is 0.308. The van der Waals surface area contributed by atoms with Gasteiger partial charge in [0, 0.05) is 12.2 Å². The van der Waals surface area contributed by atoms with Crippen molar-refractivity contribution < 1.29 is 9.18 Å². The van der Waals surface area contributed by atoms with Crippen molar-refractivity contribution in [3.63, 3.8) is 0 Å². The number of benzene rings is 1. The number of halogens is 1. The lowest BCUT2D eigenvalue weighted by Crippen LogP contribution is -2.22. The molecule has 0 saturated heterocycles.